The normalized spacial score (nSPS) is 21.9. The molecule has 14 heavy (non-hydrogen) atoms. The molecule has 72 valence electrons. The molecule has 1 aliphatic rings. The number of hydrogen-bond donors (Lipinski definition) is 2. The van der Waals surface area contributed by atoms with E-state index < -0.39 is 0 Å². The molecule has 1 aliphatic heterocycles. The Balaban J connectivity index is 2.04. The molecule has 3 rings (SSSR count). The highest BCUT2D eigenvalue weighted by Gasteiger charge is 2.16. The van der Waals surface area contributed by atoms with Crippen LogP contribution in [0.3, 0.4) is 0 Å². The number of aromatic amines is 1. The summed E-state index contributed by atoms with van der Waals surface area (Å²) in [5.74, 6) is 0. The zero-order valence-electron chi connectivity index (χ0n) is 7.96. The van der Waals surface area contributed by atoms with Gasteiger partial charge in [0.15, 0.2) is 0 Å². The second-order valence-corrected chi connectivity index (χ2v) is 3.83. The fourth-order valence-corrected chi connectivity index (χ4v) is 2.14. The highest BCUT2D eigenvalue weighted by Crippen LogP contribution is 2.24. The van der Waals surface area contributed by atoms with Crippen LogP contribution in [0.1, 0.15) is 24.4 Å². The van der Waals surface area contributed by atoms with E-state index in [0.717, 1.165) is 17.6 Å². The standard InChI is InChI=1S/C11H13N3/c1-2-9(12-5-1)8-3-4-10-11(6-8)14-7-13-10/h3-4,6-7,9,12H,1-2,5H2,(H,13,14)/t9-/m0/s1. The topological polar surface area (TPSA) is 40.7 Å². The van der Waals surface area contributed by atoms with Gasteiger partial charge in [0.1, 0.15) is 0 Å². The minimum atomic E-state index is 0.544. The van der Waals surface area contributed by atoms with Crippen molar-refractivity contribution < 1.29 is 0 Å². The predicted octanol–water partition coefficient (Wildman–Crippen LogP) is 1.99. The van der Waals surface area contributed by atoms with E-state index in [1.807, 2.05) is 0 Å². The third-order valence-electron chi connectivity index (χ3n) is 2.91. The minimum Gasteiger partial charge on any atom is -0.345 e. The largest absolute Gasteiger partial charge is 0.345 e. The molecule has 0 spiro atoms. The Morgan fingerprint density at radius 3 is 3.21 bits per heavy atom. The highest BCUT2D eigenvalue weighted by atomic mass is 14.9. The van der Waals surface area contributed by atoms with Crippen molar-refractivity contribution in [1.29, 1.82) is 0 Å². The molecule has 0 amide bonds. The Morgan fingerprint density at radius 1 is 1.36 bits per heavy atom. The van der Waals surface area contributed by atoms with Gasteiger partial charge in [0.05, 0.1) is 17.4 Å². The van der Waals surface area contributed by atoms with Crippen LogP contribution < -0.4 is 5.32 Å². The van der Waals surface area contributed by atoms with E-state index in [2.05, 4.69) is 33.5 Å². The lowest BCUT2D eigenvalue weighted by molar-refractivity contribution is 0.648. The number of fused-ring (bicyclic) bond motifs is 1. The SMILES string of the molecule is c1nc2ccc([C@@H]3CCCN3)cc2[nH]1. The van der Waals surface area contributed by atoms with Crippen LogP contribution in [0.2, 0.25) is 0 Å². The summed E-state index contributed by atoms with van der Waals surface area (Å²) in [7, 11) is 0. The summed E-state index contributed by atoms with van der Waals surface area (Å²) in [6, 6.07) is 7.00. The van der Waals surface area contributed by atoms with Crippen LogP contribution in [-0.2, 0) is 0 Å². The third-order valence-corrected chi connectivity index (χ3v) is 2.91. The predicted molar refractivity (Wildman–Crippen MR) is 56.1 cm³/mol. The summed E-state index contributed by atoms with van der Waals surface area (Å²) in [6.07, 6.45) is 4.28. The zero-order valence-corrected chi connectivity index (χ0v) is 7.96. The molecule has 1 atom stereocenters. The first kappa shape index (κ1) is 8.00. The van der Waals surface area contributed by atoms with E-state index in [0.29, 0.717) is 6.04 Å². The van der Waals surface area contributed by atoms with E-state index >= 15 is 0 Å². The van der Waals surface area contributed by atoms with Crippen LogP contribution >= 0.6 is 0 Å². The summed E-state index contributed by atoms with van der Waals surface area (Å²) in [6.45, 7) is 1.14. The van der Waals surface area contributed by atoms with Crippen LogP contribution in [-0.4, -0.2) is 16.5 Å². The molecule has 2 heterocycles. The van der Waals surface area contributed by atoms with Gasteiger partial charge in [-0.05, 0) is 37.1 Å². The smallest absolute Gasteiger partial charge is 0.0931 e. The molecule has 0 bridgehead atoms. The van der Waals surface area contributed by atoms with Crippen molar-refractivity contribution in [2.24, 2.45) is 0 Å². The van der Waals surface area contributed by atoms with Crippen LogP contribution in [0.15, 0.2) is 24.5 Å². The van der Waals surface area contributed by atoms with Gasteiger partial charge in [-0.2, -0.15) is 0 Å². The van der Waals surface area contributed by atoms with Gasteiger partial charge in [-0.15, -0.1) is 0 Å². The average Bonchev–Trinajstić information content (AvgIpc) is 2.88. The lowest BCUT2D eigenvalue weighted by Gasteiger charge is -2.09. The Hall–Kier alpha value is -1.35. The summed E-state index contributed by atoms with van der Waals surface area (Å²) in [5.41, 5.74) is 3.56. The van der Waals surface area contributed by atoms with Gasteiger partial charge < -0.3 is 10.3 Å². The van der Waals surface area contributed by atoms with Crippen LogP contribution in [0.25, 0.3) is 11.0 Å². The molecule has 1 fully saturated rings. The lowest BCUT2D eigenvalue weighted by atomic mass is 10.1. The number of benzene rings is 1. The number of imidazole rings is 1. The van der Waals surface area contributed by atoms with Gasteiger partial charge in [0.2, 0.25) is 0 Å². The zero-order chi connectivity index (χ0) is 9.38. The van der Waals surface area contributed by atoms with Gasteiger partial charge in [0.25, 0.3) is 0 Å². The molecule has 2 N–H and O–H groups in total. The molecule has 0 aliphatic carbocycles. The lowest BCUT2D eigenvalue weighted by Crippen LogP contribution is -2.12. The summed E-state index contributed by atoms with van der Waals surface area (Å²) < 4.78 is 0. The number of aromatic nitrogens is 2. The maximum absolute atomic E-state index is 4.21. The van der Waals surface area contributed by atoms with Crippen molar-refractivity contribution in [3.8, 4) is 0 Å². The number of nitrogens with one attached hydrogen (secondary N) is 2. The van der Waals surface area contributed by atoms with E-state index in [1.165, 1.54) is 18.4 Å². The quantitative estimate of drug-likeness (QED) is 0.716. The summed E-state index contributed by atoms with van der Waals surface area (Å²) >= 11 is 0. The van der Waals surface area contributed by atoms with E-state index in [4.69, 9.17) is 0 Å². The van der Waals surface area contributed by atoms with Crippen LogP contribution in [0.4, 0.5) is 0 Å². The minimum absolute atomic E-state index is 0.544. The first-order valence-corrected chi connectivity index (χ1v) is 5.10. The van der Waals surface area contributed by atoms with Gasteiger partial charge >= 0.3 is 0 Å². The summed E-state index contributed by atoms with van der Waals surface area (Å²) in [4.78, 5) is 7.35. The number of hydrogen-bond acceptors (Lipinski definition) is 2. The van der Waals surface area contributed by atoms with Gasteiger partial charge in [-0.3, -0.25) is 0 Å². The number of rotatable bonds is 1. The highest BCUT2D eigenvalue weighted by molar-refractivity contribution is 5.75. The summed E-state index contributed by atoms with van der Waals surface area (Å²) in [5, 5.41) is 3.50. The Labute approximate surface area is 82.5 Å². The fourth-order valence-electron chi connectivity index (χ4n) is 2.14. The third kappa shape index (κ3) is 1.21. The molecule has 1 aromatic heterocycles. The molecule has 3 heteroatoms. The van der Waals surface area contributed by atoms with Crippen molar-refractivity contribution >= 4 is 11.0 Å². The molecule has 1 saturated heterocycles. The molecule has 1 aromatic carbocycles. The van der Waals surface area contributed by atoms with Crippen LogP contribution in [0.5, 0.6) is 0 Å². The van der Waals surface area contributed by atoms with Gasteiger partial charge in [0, 0.05) is 6.04 Å². The Bertz CT molecular complexity index is 440. The molecular formula is C11H13N3. The molecule has 3 nitrogen and oxygen atoms in total. The van der Waals surface area contributed by atoms with Crippen molar-refractivity contribution in [1.82, 2.24) is 15.3 Å². The first-order chi connectivity index (χ1) is 6.93. The Kier molecular flexibility index (Phi) is 1.77. The maximum atomic E-state index is 4.21. The van der Waals surface area contributed by atoms with Gasteiger partial charge in [-0.1, -0.05) is 6.07 Å². The maximum Gasteiger partial charge on any atom is 0.0931 e. The van der Waals surface area contributed by atoms with E-state index in [1.54, 1.807) is 6.33 Å². The van der Waals surface area contributed by atoms with Crippen molar-refractivity contribution in [2.75, 3.05) is 6.54 Å². The molecular weight excluding hydrogens is 174 g/mol. The number of nitrogens with zero attached hydrogens (tertiary/aromatic N) is 1. The monoisotopic (exact) mass is 187 g/mol. The fraction of sp³-hybridized carbons (Fsp3) is 0.364. The second-order valence-electron chi connectivity index (χ2n) is 3.83. The molecule has 0 unspecified atom stereocenters. The molecule has 0 saturated carbocycles. The van der Waals surface area contributed by atoms with Crippen LogP contribution in [0, 0.1) is 0 Å². The van der Waals surface area contributed by atoms with Crippen molar-refractivity contribution in [2.45, 2.75) is 18.9 Å². The average molecular weight is 187 g/mol. The Morgan fingerprint density at radius 2 is 2.36 bits per heavy atom. The number of H-pyrrole nitrogens is 1. The molecule has 2 aromatic rings. The van der Waals surface area contributed by atoms with E-state index in [-0.39, 0.29) is 0 Å². The van der Waals surface area contributed by atoms with Crippen molar-refractivity contribution in [3.05, 3.63) is 30.1 Å². The molecule has 0 radical (unpaired) electrons. The second kappa shape index (κ2) is 3.10. The van der Waals surface area contributed by atoms with Gasteiger partial charge in [-0.25, -0.2) is 4.98 Å². The van der Waals surface area contributed by atoms with E-state index in [9.17, 15) is 0 Å². The van der Waals surface area contributed by atoms with Crippen molar-refractivity contribution in [3.63, 3.8) is 0 Å². The first-order valence-electron chi connectivity index (χ1n) is 5.10.